The molecule has 144 valence electrons. The molecule has 0 aliphatic heterocycles. The number of hydrogen-bond acceptors (Lipinski definition) is 4. The SMILES string of the molecule is CCCC(=O)c1ccc2c(c1)/C(=C(/OCC)c1ccccc1)C(=O)C2C(C)=O. The molecule has 0 spiro atoms. The van der Waals surface area contributed by atoms with Crippen LogP contribution in [0.1, 0.15) is 66.6 Å². The molecule has 0 N–H and O–H groups in total. The van der Waals surface area contributed by atoms with Gasteiger partial charge < -0.3 is 4.74 Å². The molecule has 1 atom stereocenters. The Labute approximate surface area is 165 Å². The van der Waals surface area contributed by atoms with E-state index in [1.807, 2.05) is 44.2 Å². The van der Waals surface area contributed by atoms with Crippen LogP contribution < -0.4 is 0 Å². The number of carbonyl (C=O) groups is 3. The largest absolute Gasteiger partial charge is 0.492 e. The van der Waals surface area contributed by atoms with Crippen LogP contribution in [0.15, 0.2) is 48.5 Å². The predicted octanol–water partition coefficient (Wildman–Crippen LogP) is 4.83. The van der Waals surface area contributed by atoms with Crippen molar-refractivity contribution in [2.75, 3.05) is 6.61 Å². The van der Waals surface area contributed by atoms with Crippen molar-refractivity contribution >= 4 is 28.7 Å². The molecule has 0 saturated heterocycles. The van der Waals surface area contributed by atoms with E-state index < -0.39 is 5.92 Å². The minimum atomic E-state index is -0.848. The summed E-state index contributed by atoms with van der Waals surface area (Å²) in [6, 6.07) is 14.6. The zero-order chi connectivity index (χ0) is 20.3. The lowest BCUT2D eigenvalue weighted by molar-refractivity contribution is -0.124. The second-order valence-corrected chi connectivity index (χ2v) is 6.89. The molecule has 0 bridgehead atoms. The normalized spacial score (nSPS) is 17.2. The van der Waals surface area contributed by atoms with Gasteiger partial charge in [0.2, 0.25) is 0 Å². The molecular formula is C24H24O4. The monoisotopic (exact) mass is 376 g/mol. The van der Waals surface area contributed by atoms with Gasteiger partial charge >= 0.3 is 0 Å². The second kappa shape index (κ2) is 8.34. The fourth-order valence-corrected chi connectivity index (χ4v) is 3.66. The maximum absolute atomic E-state index is 13.3. The van der Waals surface area contributed by atoms with E-state index >= 15 is 0 Å². The van der Waals surface area contributed by atoms with Crippen molar-refractivity contribution in [3.05, 3.63) is 70.8 Å². The van der Waals surface area contributed by atoms with Crippen LogP contribution >= 0.6 is 0 Å². The lowest BCUT2D eigenvalue weighted by atomic mass is 9.95. The highest BCUT2D eigenvalue weighted by atomic mass is 16.5. The number of Topliss-reactive ketones (excluding diaryl/α,β-unsaturated/α-hetero) is 3. The Balaban J connectivity index is 2.27. The summed E-state index contributed by atoms with van der Waals surface area (Å²) in [5.41, 5.74) is 2.98. The highest BCUT2D eigenvalue weighted by Gasteiger charge is 2.40. The molecular weight excluding hydrogens is 352 g/mol. The fourth-order valence-electron chi connectivity index (χ4n) is 3.66. The molecule has 0 radical (unpaired) electrons. The summed E-state index contributed by atoms with van der Waals surface area (Å²) in [6.07, 6.45) is 1.20. The second-order valence-electron chi connectivity index (χ2n) is 6.89. The fraction of sp³-hybridized carbons (Fsp3) is 0.292. The molecule has 4 nitrogen and oxygen atoms in total. The Morgan fingerprint density at radius 1 is 1.00 bits per heavy atom. The van der Waals surface area contributed by atoms with Gasteiger partial charge in [-0.3, -0.25) is 14.4 Å². The number of hydrogen-bond donors (Lipinski definition) is 0. The van der Waals surface area contributed by atoms with Crippen LogP contribution in [0.2, 0.25) is 0 Å². The quantitative estimate of drug-likeness (QED) is 0.301. The van der Waals surface area contributed by atoms with E-state index in [0.29, 0.717) is 41.1 Å². The molecule has 0 amide bonds. The van der Waals surface area contributed by atoms with E-state index in [4.69, 9.17) is 4.74 Å². The topological polar surface area (TPSA) is 60.4 Å². The Morgan fingerprint density at radius 3 is 2.32 bits per heavy atom. The van der Waals surface area contributed by atoms with Crippen LogP contribution in [0, 0.1) is 0 Å². The molecule has 0 saturated carbocycles. The maximum Gasteiger partial charge on any atom is 0.182 e. The first-order valence-electron chi connectivity index (χ1n) is 9.64. The number of carbonyl (C=O) groups excluding carboxylic acids is 3. The van der Waals surface area contributed by atoms with Gasteiger partial charge in [-0.25, -0.2) is 0 Å². The van der Waals surface area contributed by atoms with Gasteiger partial charge in [0, 0.05) is 17.5 Å². The molecule has 2 aromatic rings. The molecule has 0 aromatic heterocycles. The molecule has 28 heavy (non-hydrogen) atoms. The van der Waals surface area contributed by atoms with Crippen molar-refractivity contribution in [2.24, 2.45) is 0 Å². The van der Waals surface area contributed by atoms with Gasteiger partial charge in [0.25, 0.3) is 0 Å². The summed E-state index contributed by atoms with van der Waals surface area (Å²) in [7, 11) is 0. The van der Waals surface area contributed by atoms with E-state index in [1.165, 1.54) is 6.92 Å². The Morgan fingerprint density at radius 2 is 1.71 bits per heavy atom. The lowest BCUT2D eigenvalue weighted by Crippen LogP contribution is -2.15. The predicted molar refractivity (Wildman–Crippen MR) is 109 cm³/mol. The van der Waals surface area contributed by atoms with Crippen molar-refractivity contribution in [1.82, 2.24) is 0 Å². The van der Waals surface area contributed by atoms with Crippen molar-refractivity contribution in [1.29, 1.82) is 0 Å². The highest BCUT2D eigenvalue weighted by Crippen LogP contribution is 2.43. The summed E-state index contributed by atoms with van der Waals surface area (Å²) >= 11 is 0. The van der Waals surface area contributed by atoms with Crippen LogP contribution in [0.4, 0.5) is 0 Å². The van der Waals surface area contributed by atoms with Crippen molar-refractivity contribution in [2.45, 2.75) is 39.5 Å². The van der Waals surface area contributed by atoms with Crippen LogP contribution in [0.3, 0.4) is 0 Å². The minimum absolute atomic E-state index is 0.0287. The Bertz CT molecular complexity index is 954. The van der Waals surface area contributed by atoms with E-state index in [-0.39, 0.29) is 17.3 Å². The van der Waals surface area contributed by atoms with Crippen LogP contribution in [-0.4, -0.2) is 24.0 Å². The third-order valence-electron chi connectivity index (χ3n) is 4.90. The third-order valence-corrected chi connectivity index (χ3v) is 4.90. The summed E-state index contributed by atoms with van der Waals surface area (Å²) in [6.45, 7) is 5.62. The summed E-state index contributed by atoms with van der Waals surface area (Å²) in [4.78, 5) is 37.9. The standard InChI is InChI=1S/C24H24O4/c1-4-9-20(26)17-12-13-18-19(14-17)22(23(27)21(18)15(3)25)24(28-5-2)16-10-7-6-8-11-16/h6-8,10-14,21H,4-5,9H2,1-3H3/b24-22-. The van der Waals surface area contributed by atoms with Gasteiger partial charge in [0.05, 0.1) is 12.2 Å². The minimum Gasteiger partial charge on any atom is -0.492 e. The Kier molecular flexibility index (Phi) is 5.88. The first-order chi connectivity index (χ1) is 13.5. The third kappa shape index (κ3) is 3.55. The zero-order valence-electron chi connectivity index (χ0n) is 16.5. The number of rotatable bonds is 7. The van der Waals surface area contributed by atoms with Crippen LogP contribution in [-0.2, 0) is 14.3 Å². The molecule has 0 heterocycles. The van der Waals surface area contributed by atoms with E-state index in [2.05, 4.69) is 0 Å². The molecule has 1 unspecified atom stereocenters. The first kappa shape index (κ1) is 19.7. The van der Waals surface area contributed by atoms with E-state index in [9.17, 15) is 14.4 Å². The van der Waals surface area contributed by atoms with Crippen LogP contribution in [0.25, 0.3) is 11.3 Å². The number of ether oxygens (including phenoxy) is 1. The van der Waals surface area contributed by atoms with Gasteiger partial charge in [-0.15, -0.1) is 0 Å². The first-order valence-corrected chi connectivity index (χ1v) is 9.64. The molecule has 1 aliphatic carbocycles. The van der Waals surface area contributed by atoms with Crippen molar-refractivity contribution in [3.63, 3.8) is 0 Å². The molecule has 1 aliphatic rings. The molecule has 0 fully saturated rings. The number of benzene rings is 2. The summed E-state index contributed by atoms with van der Waals surface area (Å²) in [5.74, 6) is -0.841. The van der Waals surface area contributed by atoms with Gasteiger partial charge in [-0.1, -0.05) is 49.4 Å². The molecule has 3 rings (SSSR count). The average molecular weight is 376 g/mol. The van der Waals surface area contributed by atoms with E-state index in [0.717, 1.165) is 12.0 Å². The van der Waals surface area contributed by atoms with Gasteiger partial charge in [0.1, 0.15) is 17.5 Å². The van der Waals surface area contributed by atoms with Crippen molar-refractivity contribution < 1.29 is 19.1 Å². The van der Waals surface area contributed by atoms with Crippen LogP contribution in [0.5, 0.6) is 0 Å². The number of ketones is 3. The summed E-state index contributed by atoms with van der Waals surface area (Å²) in [5, 5.41) is 0. The maximum atomic E-state index is 13.3. The van der Waals surface area contributed by atoms with Gasteiger partial charge in [0.15, 0.2) is 11.6 Å². The smallest absolute Gasteiger partial charge is 0.182 e. The molecule has 2 aromatic carbocycles. The zero-order valence-corrected chi connectivity index (χ0v) is 16.5. The van der Waals surface area contributed by atoms with Crippen molar-refractivity contribution in [3.8, 4) is 0 Å². The number of allylic oxidation sites excluding steroid dienone is 1. The lowest BCUT2D eigenvalue weighted by Gasteiger charge is -2.13. The highest BCUT2D eigenvalue weighted by molar-refractivity contribution is 6.38. The molecule has 4 heteroatoms. The van der Waals surface area contributed by atoms with E-state index in [1.54, 1.807) is 18.2 Å². The Hall–Kier alpha value is -3.01. The average Bonchev–Trinajstić information content (AvgIpc) is 2.98. The van der Waals surface area contributed by atoms with Gasteiger partial charge in [-0.05, 0) is 37.5 Å². The summed E-state index contributed by atoms with van der Waals surface area (Å²) < 4.78 is 5.88. The van der Waals surface area contributed by atoms with Gasteiger partial charge in [-0.2, -0.15) is 0 Å². The number of fused-ring (bicyclic) bond motifs is 1.